The summed E-state index contributed by atoms with van der Waals surface area (Å²) in [6.45, 7) is 5.62. The molecule has 0 saturated carbocycles. The molecule has 0 aliphatic carbocycles. The first-order valence-corrected chi connectivity index (χ1v) is 8.04. The Morgan fingerprint density at radius 3 is 2.43 bits per heavy atom. The minimum Gasteiger partial charge on any atom is -0.325 e. The standard InChI is InChI=1S/C17H18N2O3S/c1-11-4-8-15(9-5-11)23-13(3)17(20)18-16-10-14(19(21)22)7-6-12(16)2/h4-10,13H,1-3H3,(H,18,20)/t13-/m1/s1. The number of hydrogen-bond donors (Lipinski definition) is 1. The van der Waals surface area contributed by atoms with Crippen LogP contribution in [0.1, 0.15) is 18.1 Å². The van der Waals surface area contributed by atoms with E-state index >= 15 is 0 Å². The van der Waals surface area contributed by atoms with Crippen molar-refractivity contribution in [3.8, 4) is 0 Å². The van der Waals surface area contributed by atoms with Gasteiger partial charge in [-0.3, -0.25) is 14.9 Å². The number of carbonyl (C=O) groups is 1. The minimum absolute atomic E-state index is 0.0373. The summed E-state index contributed by atoms with van der Waals surface area (Å²) >= 11 is 1.45. The molecule has 0 aromatic heterocycles. The molecule has 2 rings (SSSR count). The summed E-state index contributed by atoms with van der Waals surface area (Å²) in [5, 5.41) is 13.3. The Labute approximate surface area is 139 Å². The lowest BCUT2D eigenvalue weighted by Crippen LogP contribution is -2.22. The Balaban J connectivity index is 2.07. The first-order valence-electron chi connectivity index (χ1n) is 7.16. The molecule has 0 heterocycles. The monoisotopic (exact) mass is 330 g/mol. The molecule has 1 amide bonds. The number of nitrogens with zero attached hydrogens (tertiary/aromatic N) is 1. The van der Waals surface area contributed by atoms with Gasteiger partial charge in [0.25, 0.3) is 5.69 Å². The number of carbonyl (C=O) groups excluding carboxylic acids is 1. The molecule has 23 heavy (non-hydrogen) atoms. The molecule has 1 N–H and O–H groups in total. The van der Waals surface area contributed by atoms with Crippen molar-refractivity contribution in [2.45, 2.75) is 30.9 Å². The highest BCUT2D eigenvalue weighted by atomic mass is 32.2. The maximum absolute atomic E-state index is 12.3. The van der Waals surface area contributed by atoms with Crippen molar-refractivity contribution in [3.63, 3.8) is 0 Å². The first kappa shape index (κ1) is 17.0. The molecule has 0 spiro atoms. The van der Waals surface area contributed by atoms with Gasteiger partial charge in [0.15, 0.2) is 0 Å². The van der Waals surface area contributed by atoms with E-state index in [4.69, 9.17) is 0 Å². The molecule has 0 aliphatic rings. The Morgan fingerprint density at radius 1 is 1.17 bits per heavy atom. The molecule has 2 aromatic rings. The van der Waals surface area contributed by atoms with Crippen molar-refractivity contribution in [3.05, 3.63) is 63.7 Å². The maximum atomic E-state index is 12.3. The van der Waals surface area contributed by atoms with Crippen LogP contribution in [0.15, 0.2) is 47.4 Å². The van der Waals surface area contributed by atoms with E-state index in [2.05, 4.69) is 5.32 Å². The zero-order chi connectivity index (χ0) is 17.0. The lowest BCUT2D eigenvalue weighted by atomic mass is 10.2. The van der Waals surface area contributed by atoms with Crippen molar-refractivity contribution < 1.29 is 9.72 Å². The second kappa shape index (κ2) is 7.28. The van der Waals surface area contributed by atoms with E-state index in [1.54, 1.807) is 13.0 Å². The molecule has 120 valence electrons. The third-order valence-corrected chi connectivity index (χ3v) is 4.50. The van der Waals surface area contributed by atoms with Crippen LogP contribution in [0.4, 0.5) is 11.4 Å². The van der Waals surface area contributed by atoms with Gasteiger partial charge in [0.05, 0.1) is 15.9 Å². The van der Waals surface area contributed by atoms with Crippen LogP contribution in [0.25, 0.3) is 0 Å². The number of amides is 1. The average Bonchev–Trinajstić information content (AvgIpc) is 2.51. The number of nitrogens with one attached hydrogen (secondary N) is 1. The van der Waals surface area contributed by atoms with Crippen LogP contribution >= 0.6 is 11.8 Å². The van der Waals surface area contributed by atoms with Gasteiger partial charge in [0.1, 0.15) is 0 Å². The van der Waals surface area contributed by atoms with Crippen LogP contribution in [0.3, 0.4) is 0 Å². The molecular formula is C17H18N2O3S. The van der Waals surface area contributed by atoms with Gasteiger partial charge in [-0.1, -0.05) is 23.8 Å². The molecule has 0 fully saturated rings. The van der Waals surface area contributed by atoms with Gasteiger partial charge in [-0.15, -0.1) is 11.8 Å². The zero-order valence-corrected chi connectivity index (χ0v) is 14.0. The number of non-ortho nitro benzene ring substituents is 1. The van der Waals surface area contributed by atoms with Gasteiger partial charge in [-0.05, 0) is 38.5 Å². The number of anilines is 1. The highest BCUT2D eigenvalue weighted by molar-refractivity contribution is 8.00. The first-order chi connectivity index (χ1) is 10.9. The molecule has 0 unspecified atom stereocenters. The molecular weight excluding hydrogens is 312 g/mol. The fourth-order valence-corrected chi connectivity index (χ4v) is 2.83. The van der Waals surface area contributed by atoms with Gasteiger partial charge in [0, 0.05) is 17.0 Å². The molecule has 0 saturated heterocycles. The van der Waals surface area contributed by atoms with E-state index in [-0.39, 0.29) is 16.8 Å². The van der Waals surface area contributed by atoms with Crippen LogP contribution in [0.2, 0.25) is 0 Å². The van der Waals surface area contributed by atoms with Gasteiger partial charge in [-0.2, -0.15) is 0 Å². The Hall–Kier alpha value is -2.34. The summed E-state index contributed by atoms with van der Waals surface area (Å²) in [6, 6.07) is 12.4. The fourth-order valence-electron chi connectivity index (χ4n) is 1.97. The summed E-state index contributed by atoms with van der Waals surface area (Å²) in [4.78, 5) is 23.7. The van der Waals surface area contributed by atoms with Crippen LogP contribution in [-0.2, 0) is 4.79 Å². The molecule has 1 atom stereocenters. The molecule has 2 aromatic carbocycles. The van der Waals surface area contributed by atoms with Crippen molar-refractivity contribution >= 4 is 29.0 Å². The van der Waals surface area contributed by atoms with Gasteiger partial charge in [-0.25, -0.2) is 0 Å². The quantitative estimate of drug-likeness (QED) is 0.503. The van der Waals surface area contributed by atoms with Crippen molar-refractivity contribution in [1.82, 2.24) is 0 Å². The SMILES string of the molecule is Cc1ccc(S[C@H](C)C(=O)Nc2cc([N+](=O)[O-])ccc2C)cc1. The van der Waals surface area contributed by atoms with Crippen molar-refractivity contribution in [2.24, 2.45) is 0 Å². The number of rotatable bonds is 5. The van der Waals surface area contributed by atoms with Crippen molar-refractivity contribution in [1.29, 1.82) is 0 Å². The summed E-state index contributed by atoms with van der Waals surface area (Å²) in [5.74, 6) is -0.181. The number of benzene rings is 2. The van der Waals surface area contributed by atoms with Crippen LogP contribution < -0.4 is 5.32 Å². The molecule has 0 radical (unpaired) electrons. The van der Waals surface area contributed by atoms with Crippen molar-refractivity contribution in [2.75, 3.05) is 5.32 Å². The third kappa shape index (κ3) is 4.56. The normalized spacial score (nSPS) is 11.8. The Kier molecular flexibility index (Phi) is 5.39. The highest BCUT2D eigenvalue weighted by Gasteiger charge is 2.17. The number of nitro groups is 1. The Morgan fingerprint density at radius 2 is 1.83 bits per heavy atom. The predicted molar refractivity (Wildman–Crippen MR) is 93.0 cm³/mol. The van der Waals surface area contributed by atoms with E-state index in [0.29, 0.717) is 5.69 Å². The zero-order valence-electron chi connectivity index (χ0n) is 13.2. The summed E-state index contributed by atoms with van der Waals surface area (Å²) in [5.41, 5.74) is 2.39. The van der Waals surface area contributed by atoms with Gasteiger partial charge < -0.3 is 5.32 Å². The van der Waals surface area contributed by atoms with Crippen LogP contribution in [-0.4, -0.2) is 16.1 Å². The topological polar surface area (TPSA) is 72.2 Å². The molecule has 5 nitrogen and oxygen atoms in total. The third-order valence-electron chi connectivity index (χ3n) is 3.39. The lowest BCUT2D eigenvalue weighted by molar-refractivity contribution is -0.384. The lowest BCUT2D eigenvalue weighted by Gasteiger charge is -2.13. The number of aryl methyl sites for hydroxylation is 2. The van der Waals surface area contributed by atoms with E-state index in [1.165, 1.54) is 29.5 Å². The van der Waals surface area contributed by atoms with E-state index in [0.717, 1.165) is 10.5 Å². The van der Waals surface area contributed by atoms with E-state index in [1.807, 2.05) is 38.1 Å². The summed E-state index contributed by atoms with van der Waals surface area (Å²) in [7, 11) is 0. The highest BCUT2D eigenvalue weighted by Crippen LogP contribution is 2.26. The number of nitro benzene ring substituents is 1. The second-order valence-electron chi connectivity index (χ2n) is 5.32. The number of thioether (sulfide) groups is 1. The summed E-state index contributed by atoms with van der Waals surface area (Å²) in [6.07, 6.45) is 0. The largest absolute Gasteiger partial charge is 0.325 e. The minimum atomic E-state index is -0.473. The van der Waals surface area contributed by atoms with Crippen LogP contribution in [0, 0.1) is 24.0 Å². The average molecular weight is 330 g/mol. The Bertz CT molecular complexity index is 729. The fraction of sp³-hybridized carbons (Fsp3) is 0.235. The summed E-state index contributed by atoms with van der Waals surface area (Å²) < 4.78 is 0. The molecule has 0 bridgehead atoms. The maximum Gasteiger partial charge on any atom is 0.271 e. The van der Waals surface area contributed by atoms with Gasteiger partial charge >= 0.3 is 0 Å². The second-order valence-corrected chi connectivity index (χ2v) is 6.73. The van der Waals surface area contributed by atoms with Gasteiger partial charge in [0.2, 0.25) is 5.91 Å². The van der Waals surface area contributed by atoms with E-state index < -0.39 is 4.92 Å². The molecule has 0 aliphatic heterocycles. The predicted octanol–water partition coefficient (Wildman–Crippen LogP) is 4.33. The number of hydrogen-bond acceptors (Lipinski definition) is 4. The smallest absolute Gasteiger partial charge is 0.271 e. The van der Waals surface area contributed by atoms with Crippen LogP contribution in [0.5, 0.6) is 0 Å². The molecule has 6 heteroatoms. The van der Waals surface area contributed by atoms with E-state index in [9.17, 15) is 14.9 Å².